The minimum atomic E-state index is -0.187. The molecule has 2 heterocycles. The summed E-state index contributed by atoms with van der Waals surface area (Å²) in [6, 6.07) is 16.5. The Morgan fingerprint density at radius 3 is 2.57 bits per heavy atom. The molecule has 0 saturated heterocycles. The van der Waals surface area contributed by atoms with Gasteiger partial charge in [0.05, 0.1) is 18.3 Å². The second kappa shape index (κ2) is 7.78. The van der Waals surface area contributed by atoms with E-state index in [-0.39, 0.29) is 5.91 Å². The molecule has 142 valence electrons. The van der Waals surface area contributed by atoms with Crippen LogP contribution in [0.2, 0.25) is 0 Å². The SMILES string of the molecule is NCCc1cccc(Cc2ccc(N3CCn4ncc(C=O)c4C3=O)cc2)c1. The van der Waals surface area contributed by atoms with Gasteiger partial charge >= 0.3 is 0 Å². The first-order valence-electron chi connectivity index (χ1n) is 9.39. The molecule has 1 aliphatic heterocycles. The first-order chi connectivity index (χ1) is 13.7. The van der Waals surface area contributed by atoms with Gasteiger partial charge in [-0.25, -0.2) is 0 Å². The van der Waals surface area contributed by atoms with Crippen LogP contribution in [0.1, 0.15) is 37.5 Å². The summed E-state index contributed by atoms with van der Waals surface area (Å²) in [7, 11) is 0. The zero-order chi connectivity index (χ0) is 19.5. The molecule has 2 N–H and O–H groups in total. The minimum absolute atomic E-state index is 0.187. The van der Waals surface area contributed by atoms with E-state index in [0.717, 1.165) is 18.5 Å². The number of nitrogens with two attached hydrogens (primary N) is 1. The van der Waals surface area contributed by atoms with E-state index < -0.39 is 0 Å². The molecule has 1 amide bonds. The van der Waals surface area contributed by atoms with Gasteiger partial charge in [0.2, 0.25) is 0 Å². The summed E-state index contributed by atoms with van der Waals surface area (Å²) in [5.74, 6) is -0.187. The molecule has 0 atom stereocenters. The number of nitrogens with zero attached hydrogens (tertiary/aromatic N) is 3. The van der Waals surface area contributed by atoms with Crippen LogP contribution in [-0.4, -0.2) is 35.1 Å². The Morgan fingerprint density at radius 2 is 1.82 bits per heavy atom. The van der Waals surface area contributed by atoms with Crippen molar-refractivity contribution in [2.45, 2.75) is 19.4 Å². The lowest BCUT2D eigenvalue weighted by atomic mass is 10.0. The molecule has 6 heteroatoms. The smallest absolute Gasteiger partial charge is 0.277 e. The molecule has 3 aromatic rings. The number of carbonyl (C=O) groups excluding carboxylic acids is 2. The van der Waals surface area contributed by atoms with E-state index in [0.29, 0.717) is 37.2 Å². The van der Waals surface area contributed by atoms with Crippen LogP contribution in [0.3, 0.4) is 0 Å². The maximum Gasteiger partial charge on any atom is 0.277 e. The molecule has 2 aromatic carbocycles. The van der Waals surface area contributed by atoms with Crippen LogP contribution in [0.5, 0.6) is 0 Å². The first-order valence-corrected chi connectivity index (χ1v) is 9.39. The molecule has 0 fully saturated rings. The summed E-state index contributed by atoms with van der Waals surface area (Å²) >= 11 is 0. The maximum atomic E-state index is 12.8. The molecule has 1 aromatic heterocycles. The summed E-state index contributed by atoms with van der Waals surface area (Å²) in [5.41, 5.74) is 10.8. The van der Waals surface area contributed by atoms with Crippen molar-refractivity contribution in [1.82, 2.24) is 9.78 Å². The molecule has 0 saturated carbocycles. The molecule has 28 heavy (non-hydrogen) atoms. The average Bonchev–Trinajstić information content (AvgIpc) is 3.14. The Morgan fingerprint density at radius 1 is 1.04 bits per heavy atom. The van der Waals surface area contributed by atoms with Crippen molar-refractivity contribution < 1.29 is 9.59 Å². The van der Waals surface area contributed by atoms with Crippen LogP contribution < -0.4 is 10.6 Å². The van der Waals surface area contributed by atoms with Gasteiger partial charge in [0.25, 0.3) is 5.91 Å². The predicted octanol–water partition coefficient (Wildman–Crippen LogP) is 2.45. The molecule has 0 bridgehead atoms. The highest BCUT2D eigenvalue weighted by Crippen LogP contribution is 2.23. The van der Waals surface area contributed by atoms with Crippen molar-refractivity contribution >= 4 is 17.9 Å². The summed E-state index contributed by atoms with van der Waals surface area (Å²) in [6.07, 6.45) is 3.84. The molecule has 0 aliphatic carbocycles. The molecule has 0 radical (unpaired) electrons. The highest BCUT2D eigenvalue weighted by atomic mass is 16.2. The number of hydrogen-bond donors (Lipinski definition) is 1. The normalized spacial score (nSPS) is 13.5. The van der Waals surface area contributed by atoms with Gasteiger partial charge in [-0.3, -0.25) is 14.3 Å². The molecule has 0 unspecified atom stereocenters. The molecule has 1 aliphatic rings. The van der Waals surface area contributed by atoms with E-state index in [1.54, 1.807) is 9.58 Å². The zero-order valence-electron chi connectivity index (χ0n) is 15.5. The lowest BCUT2D eigenvalue weighted by Crippen LogP contribution is -2.41. The standard InChI is InChI=1S/C22H22N4O2/c23-9-8-16-2-1-3-18(12-16)13-17-4-6-20(7-5-17)25-10-11-26-21(22(25)28)19(15-27)14-24-26/h1-7,12,14-15H,8-11,13,23H2. The number of anilines is 1. The maximum absolute atomic E-state index is 12.8. The Hall–Kier alpha value is -3.25. The van der Waals surface area contributed by atoms with Crippen molar-refractivity contribution in [2.75, 3.05) is 18.0 Å². The minimum Gasteiger partial charge on any atom is -0.330 e. The van der Waals surface area contributed by atoms with E-state index in [2.05, 4.69) is 29.4 Å². The van der Waals surface area contributed by atoms with Gasteiger partial charge in [-0.15, -0.1) is 0 Å². The third-order valence-corrected chi connectivity index (χ3v) is 5.06. The van der Waals surface area contributed by atoms with Gasteiger partial charge in [-0.2, -0.15) is 5.10 Å². The fraction of sp³-hybridized carbons (Fsp3) is 0.227. The third-order valence-electron chi connectivity index (χ3n) is 5.06. The monoisotopic (exact) mass is 374 g/mol. The van der Waals surface area contributed by atoms with E-state index >= 15 is 0 Å². The number of aldehydes is 1. The van der Waals surface area contributed by atoms with Crippen molar-refractivity contribution in [2.24, 2.45) is 5.73 Å². The molecule has 6 nitrogen and oxygen atoms in total. The fourth-order valence-electron chi connectivity index (χ4n) is 3.65. The second-order valence-corrected chi connectivity index (χ2v) is 6.95. The van der Waals surface area contributed by atoms with E-state index in [9.17, 15) is 9.59 Å². The lowest BCUT2D eigenvalue weighted by molar-refractivity contribution is 0.0956. The average molecular weight is 374 g/mol. The van der Waals surface area contributed by atoms with Crippen molar-refractivity contribution in [3.05, 3.63) is 82.7 Å². The quantitative estimate of drug-likeness (QED) is 0.672. The molecule has 0 spiro atoms. The highest BCUT2D eigenvalue weighted by Gasteiger charge is 2.29. The Balaban J connectivity index is 1.51. The molecular formula is C22H22N4O2. The fourth-order valence-corrected chi connectivity index (χ4v) is 3.65. The Kier molecular flexibility index (Phi) is 5.04. The topological polar surface area (TPSA) is 81.2 Å². The summed E-state index contributed by atoms with van der Waals surface area (Å²) in [5, 5.41) is 4.12. The van der Waals surface area contributed by atoms with Gasteiger partial charge in [-0.05, 0) is 48.2 Å². The van der Waals surface area contributed by atoms with Crippen LogP contribution in [0.15, 0.2) is 54.7 Å². The first kappa shape index (κ1) is 18.1. The Labute approximate surface area is 163 Å². The van der Waals surface area contributed by atoms with Crippen LogP contribution >= 0.6 is 0 Å². The lowest BCUT2D eigenvalue weighted by Gasteiger charge is -2.28. The van der Waals surface area contributed by atoms with Gasteiger partial charge < -0.3 is 10.6 Å². The van der Waals surface area contributed by atoms with Crippen LogP contribution in [-0.2, 0) is 19.4 Å². The van der Waals surface area contributed by atoms with Crippen LogP contribution in [0, 0.1) is 0 Å². The van der Waals surface area contributed by atoms with E-state index in [1.165, 1.54) is 22.9 Å². The largest absolute Gasteiger partial charge is 0.330 e. The van der Waals surface area contributed by atoms with Gasteiger partial charge in [-0.1, -0.05) is 36.4 Å². The van der Waals surface area contributed by atoms with Crippen molar-refractivity contribution in [3.63, 3.8) is 0 Å². The number of carbonyl (C=O) groups is 2. The summed E-state index contributed by atoms with van der Waals surface area (Å²) < 4.78 is 1.60. The number of benzene rings is 2. The number of hydrogen-bond acceptors (Lipinski definition) is 4. The van der Waals surface area contributed by atoms with Crippen LogP contribution in [0.25, 0.3) is 0 Å². The van der Waals surface area contributed by atoms with Gasteiger partial charge in [0.15, 0.2) is 6.29 Å². The predicted molar refractivity (Wildman–Crippen MR) is 108 cm³/mol. The highest BCUT2D eigenvalue weighted by molar-refractivity contribution is 6.09. The third kappa shape index (κ3) is 3.46. The van der Waals surface area contributed by atoms with Gasteiger partial charge in [0, 0.05) is 12.2 Å². The van der Waals surface area contributed by atoms with Gasteiger partial charge in [0.1, 0.15) is 5.69 Å². The molecular weight excluding hydrogens is 352 g/mol. The second-order valence-electron chi connectivity index (χ2n) is 6.95. The summed E-state index contributed by atoms with van der Waals surface area (Å²) in [6.45, 7) is 1.75. The van der Waals surface area contributed by atoms with Crippen molar-refractivity contribution in [1.29, 1.82) is 0 Å². The number of rotatable bonds is 6. The molecule has 4 rings (SSSR count). The van der Waals surface area contributed by atoms with E-state index in [4.69, 9.17) is 5.73 Å². The summed E-state index contributed by atoms with van der Waals surface area (Å²) in [4.78, 5) is 25.7. The van der Waals surface area contributed by atoms with Crippen molar-refractivity contribution in [3.8, 4) is 0 Å². The Bertz CT molecular complexity index is 1010. The number of aromatic nitrogens is 2. The van der Waals surface area contributed by atoms with E-state index in [1.807, 2.05) is 24.3 Å². The number of amides is 1. The number of fused-ring (bicyclic) bond motifs is 1. The van der Waals surface area contributed by atoms with Crippen LogP contribution in [0.4, 0.5) is 5.69 Å². The zero-order valence-corrected chi connectivity index (χ0v) is 15.5.